The molecule has 0 saturated carbocycles. The predicted molar refractivity (Wildman–Crippen MR) is 145 cm³/mol. The van der Waals surface area contributed by atoms with E-state index in [1.54, 1.807) is 0 Å². The Hall–Kier alpha value is -4.12. The van der Waals surface area contributed by atoms with E-state index < -0.39 is 6.04 Å². The van der Waals surface area contributed by atoms with Crippen LogP contribution in [0.4, 0.5) is 0 Å². The van der Waals surface area contributed by atoms with Gasteiger partial charge >= 0.3 is 5.97 Å². The molecule has 182 valence electrons. The number of H-pyrrole nitrogens is 1. The van der Waals surface area contributed by atoms with Crippen LogP contribution < -0.4 is 4.74 Å². The fraction of sp³-hybridized carbons (Fsp3) is 0.226. The van der Waals surface area contributed by atoms with Gasteiger partial charge in [-0.15, -0.1) is 0 Å². The molecule has 4 aromatic rings. The maximum atomic E-state index is 13.1. The van der Waals surface area contributed by atoms with E-state index in [0.717, 1.165) is 44.6 Å². The molecule has 1 aliphatic rings. The Morgan fingerprint density at radius 3 is 2.31 bits per heavy atom. The Labute approximate surface area is 211 Å². The Bertz CT molecular complexity index is 1390. The topological polar surface area (TPSA) is 63.7 Å². The normalized spacial score (nSPS) is 14.5. The quantitative estimate of drug-likeness (QED) is 0.248. The zero-order chi connectivity index (χ0) is 25.1. The molecule has 3 aromatic carbocycles. The van der Waals surface area contributed by atoms with E-state index in [1.807, 2.05) is 93.7 Å². The lowest BCUT2D eigenvalue weighted by molar-refractivity contribution is -0.144. The van der Waals surface area contributed by atoms with Gasteiger partial charge in [-0.2, -0.15) is 0 Å². The second kappa shape index (κ2) is 9.86. The van der Waals surface area contributed by atoms with Crippen LogP contribution in [0.15, 0.2) is 90.1 Å². The zero-order valence-corrected chi connectivity index (χ0v) is 20.8. The summed E-state index contributed by atoms with van der Waals surface area (Å²) in [4.78, 5) is 21.6. The Kier molecular flexibility index (Phi) is 6.47. The highest BCUT2D eigenvalue weighted by atomic mass is 16.5. The third-order valence-electron chi connectivity index (χ3n) is 6.32. The molecule has 0 radical (unpaired) electrons. The number of rotatable bonds is 7. The van der Waals surface area contributed by atoms with Crippen molar-refractivity contribution in [1.82, 2.24) is 4.98 Å². The number of benzene rings is 3. The average molecular weight is 479 g/mol. The van der Waals surface area contributed by atoms with Gasteiger partial charge in [-0.1, -0.05) is 60.7 Å². The van der Waals surface area contributed by atoms with Gasteiger partial charge < -0.3 is 14.5 Å². The summed E-state index contributed by atoms with van der Waals surface area (Å²) >= 11 is 0. The predicted octanol–water partition coefficient (Wildman–Crippen LogP) is 6.36. The lowest BCUT2D eigenvalue weighted by atomic mass is 9.98. The lowest BCUT2D eigenvalue weighted by Gasteiger charge is -2.28. The van der Waals surface area contributed by atoms with E-state index >= 15 is 0 Å². The van der Waals surface area contributed by atoms with Gasteiger partial charge in [0.1, 0.15) is 11.4 Å². The van der Waals surface area contributed by atoms with Gasteiger partial charge in [0.15, 0.2) is 6.04 Å². The molecule has 0 spiro atoms. The number of aromatic nitrogens is 1. The standard InChI is InChI=1S/C31H30N2O3/c1-4-35-30(34)26(33-28(21-11-7-5-8-12-21)22-13-9-6-10-14-22)19-23-20-32-29-24(23)15-16-27-25(29)17-18-31(2,3)36-27/h5-18,20,26,32H,4,19H2,1-3H3. The van der Waals surface area contributed by atoms with Gasteiger partial charge in [0.25, 0.3) is 0 Å². The number of nitrogens with one attached hydrogen (secondary N) is 1. The van der Waals surface area contributed by atoms with Gasteiger partial charge in [-0.3, -0.25) is 4.99 Å². The molecule has 1 aliphatic heterocycles. The zero-order valence-electron chi connectivity index (χ0n) is 20.8. The second-order valence-corrected chi connectivity index (χ2v) is 9.43. The number of hydrogen-bond acceptors (Lipinski definition) is 4. The number of nitrogens with zero attached hydrogens (tertiary/aromatic N) is 1. The number of aromatic amines is 1. The number of carbonyl (C=O) groups excluding carboxylic acids is 1. The summed E-state index contributed by atoms with van der Waals surface area (Å²) in [6, 6.07) is 23.3. The highest BCUT2D eigenvalue weighted by molar-refractivity contribution is 6.13. The summed E-state index contributed by atoms with van der Waals surface area (Å²) in [7, 11) is 0. The molecule has 5 heteroatoms. The van der Waals surface area contributed by atoms with E-state index in [-0.39, 0.29) is 11.6 Å². The van der Waals surface area contributed by atoms with Crippen LogP contribution in [-0.2, 0) is 16.0 Å². The molecule has 5 rings (SSSR count). The van der Waals surface area contributed by atoms with E-state index in [0.29, 0.717) is 13.0 Å². The lowest BCUT2D eigenvalue weighted by Crippen LogP contribution is -2.27. The Morgan fingerprint density at radius 1 is 1.00 bits per heavy atom. The van der Waals surface area contributed by atoms with E-state index in [2.05, 4.69) is 23.2 Å². The van der Waals surface area contributed by atoms with E-state index in [9.17, 15) is 4.79 Å². The van der Waals surface area contributed by atoms with Crippen molar-refractivity contribution in [2.24, 2.45) is 4.99 Å². The molecule has 1 unspecified atom stereocenters. The summed E-state index contributed by atoms with van der Waals surface area (Å²) in [6.07, 6.45) is 6.54. The van der Waals surface area contributed by atoms with Crippen molar-refractivity contribution in [2.75, 3.05) is 6.61 Å². The first-order valence-corrected chi connectivity index (χ1v) is 12.3. The summed E-state index contributed by atoms with van der Waals surface area (Å²) in [6.45, 7) is 6.20. The largest absolute Gasteiger partial charge is 0.483 e. The molecule has 0 amide bonds. The molecule has 0 saturated heterocycles. The van der Waals surface area contributed by atoms with Crippen molar-refractivity contribution in [2.45, 2.75) is 38.8 Å². The van der Waals surface area contributed by atoms with E-state index in [4.69, 9.17) is 14.5 Å². The first-order chi connectivity index (χ1) is 17.4. The number of ether oxygens (including phenoxy) is 2. The first-order valence-electron chi connectivity index (χ1n) is 12.3. The fourth-order valence-electron chi connectivity index (χ4n) is 4.58. The molecule has 2 heterocycles. The summed E-state index contributed by atoms with van der Waals surface area (Å²) < 4.78 is 11.6. The number of fused-ring (bicyclic) bond motifs is 3. The SMILES string of the molecule is CCOC(=O)C(Cc1c[nH]c2c3c(ccc12)OC(C)(C)C=C3)N=C(c1ccccc1)c1ccccc1. The summed E-state index contributed by atoms with van der Waals surface area (Å²) in [5.74, 6) is 0.512. The average Bonchev–Trinajstić information content (AvgIpc) is 3.29. The van der Waals surface area contributed by atoms with Gasteiger partial charge in [0, 0.05) is 34.7 Å². The van der Waals surface area contributed by atoms with Gasteiger partial charge in [-0.05, 0) is 50.6 Å². The Morgan fingerprint density at radius 2 is 1.67 bits per heavy atom. The molecular weight excluding hydrogens is 448 g/mol. The number of aliphatic imine (C=N–C) groups is 1. The van der Waals surface area contributed by atoms with Crippen LogP contribution in [0, 0.1) is 0 Å². The van der Waals surface area contributed by atoms with Crippen molar-refractivity contribution in [3.05, 3.63) is 107 Å². The monoisotopic (exact) mass is 478 g/mol. The van der Waals surface area contributed by atoms with E-state index in [1.165, 1.54) is 0 Å². The van der Waals surface area contributed by atoms with Crippen LogP contribution in [-0.4, -0.2) is 34.9 Å². The summed E-state index contributed by atoms with van der Waals surface area (Å²) in [5, 5.41) is 1.05. The molecule has 1 atom stereocenters. The van der Waals surface area contributed by atoms with Crippen molar-refractivity contribution < 1.29 is 14.3 Å². The van der Waals surface area contributed by atoms with Crippen molar-refractivity contribution in [3.8, 4) is 5.75 Å². The maximum absolute atomic E-state index is 13.1. The third kappa shape index (κ3) is 4.82. The molecule has 0 fully saturated rings. The maximum Gasteiger partial charge on any atom is 0.331 e. The molecule has 36 heavy (non-hydrogen) atoms. The van der Waals surface area contributed by atoms with Gasteiger partial charge in [0.05, 0.1) is 17.8 Å². The minimum atomic E-state index is -0.693. The van der Waals surface area contributed by atoms with Crippen LogP contribution in [0.25, 0.3) is 17.0 Å². The van der Waals surface area contributed by atoms with Crippen LogP contribution in [0.3, 0.4) is 0 Å². The van der Waals surface area contributed by atoms with Crippen molar-refractivity contribution >= 4 is 28.7 Å². The minimum absolute atomic E-state index is 0.302. The molecule has 1 aromatic heterocycles. The van der Waals surface area contributed by atoms with Crippen LogP contribution in [0.5, 0.6) is 5.75 Å². The number of carbonyl (C=O) groups is 1. The highest BCUT2D eigenvalue weighted by Crippen LogP contribution is 2.37. The molecule has 5 nitrogen and oxygen atoms in total. The van der Waals surface area contributed by atoms with Crippen LogP contribution in [0.1, 0.15) is 43.0 Å². The molecular formula is C31H30N2O3. The van der Waals surface area contributed by atoms with Crippen LogP contribution in [0.2, 0.25) is 0 Å². The Balaban J connectivity index is 1.56. The first kappa shape index (κ1) is 23.6. The van der Waals surface area contributed by atoms with Crippen molar-refractivity contribution in [3.63, 3.8) is 0 Å². The molecule has 0 aliphatic carbocycles. The van der Waals surface area contributed by atoms with Gasteiger partial charge in [-0.25, -0.2) is 4.79 Å². The van der Waals surface area contributed by atoms with Crippen LogP contribution >= 0.6 is 0 Å². The minimum Gasteiger partial charge on any atom is -0.483 e. The second-order valence-electron chi connectivity index (χ2n) is 9.43. The number of hydrogen-bond donors (Lipinski definition) is 1. The summed E-state index contributed by atoms with van der Waals surface area (Å²) in [5.41, 5.74) is 5.35. The highest BCUT2D eigenvalue weighted by Gasteiger charge is 2.26. The molecule has 0 bridgehead atoms. The smallest absolute Gasteiger partial charge is 0.331 e. The van der Waals surface area contributed by atoms with Gasteiger partial charge in [0.2, 0.25) is 0 Å². The fourth-order valence-corrected chi connectivity index (χ4v) is 4.58. The molecule has 1 N–H and O–H groups in total. The number of esters is 1. The third-order valence-corrected chi connectivity index (χ3v) is 6.32. The van der Waals surface area contributed by atoms with Crippen molar-refractivity contribution in [1.29, 1.82) is 0 Å².